The number of piperidine rings is 1. The van der Waals surface area contributed by atoms with E-state index in [9.17, 15) is 31.2 Å². The summed E-state index contributed by atoms with van der Waals surface area (Å²) in [5.41, 5.74) is 3.06. The Morgan fingerprint density at radius 2 is 1.66 bits per heavy atom. The van der Waals surface area contributed by atoms with Gasteiger partial charge in [0.25, 0.3) is 0 Å². The molecule has 11 nitrogen and oxygen atoms in total. The Hall–Kier alpha value is -5.02. The summed E-state index contributed by atoms with van der Waals surface area (Å²) in [4.78, 5) is 36.5. The lowest BCUT2D eigenvalue weighted by Crippen LogP contribution is -2.46. The van der Waals surface area contributed by atoms with Gasteiger partial charge in [0.05, 0.1) is 10.8 Å². The number of carbonyl (C=O) groups is 2. The predicted molar refractivity (Wildman–Crippen MR) is 183 cm³/mol. The maximum absolute atomic E-state index is 13.8. The minimum Gasteiger partial charge on any atom is -0.369 e. The standard InChI is InChI=1S/C35H36F3N7O4S/c1-50(48,49)28-7-3-4-23(19-28)20-39-32-30(35(36,37)38)21-40-34(43-32)41-26-8-10-27(11-9-26)45-16-14-44(15-17-45)22-24-5-2-6-25(18-24)29-12-13-31(46)42-33(29)47/h2-11,18-19,21,29H,12-17,20,22H2,1H3,(H,42,46,47)(H2,39,40,41,43). The van der Waals surface area contributed by atoms with Gasteiger partial charge in [0.15, 0.2) is 9.84 Å². The Bertz CT molecular complexity index is 1980. The van der Waals surface area contributed by atoms with Crippen molar-refractivity contribution in [2.45, 2.75) is 42.9 Å². The van der Waals surface area contributed by atoms with Gasteiger partial charge in [-0.3, -0.25) is 19.8 Å². The lowest BCUT2D eigenvalue weighted by molar-refractivity contribution is -0.137. The average molecular weight is 708 g/mol. The molecule has 50 heavy (non-hydrogen) atoms. The van der Waals surface area contributed by atoms with Gasteiger partial charge in [-0.15, -0.1) is 0 Å². The van der Waals surface area contributed by atoms with Crippen LogP contribution in [-0.4, -0.2) is 67.5 Å². The fourth-order valence-corrected chi connectivity index (χ4v) is 6.77. The first-order valence-corrected chi connectivity index (χ1v) is 17.9. The molecular formula is C35H36F3N7O4S. The van der Waals surface area contributed by atoms with Crippen LogP contribution in [0.1, 0.15) is 41.0 Å². The summed E-state index contributed by atoms with van der Waals surface area (Å²) in [7, 11) is -3.48. The number of amides is 2. The molecule has 0 bridgehead atoms. The molecule has 3 heterocycles. The number of halogens is 3. The van der Waals surface area contributed by atoms with Crippen molar-refractivity contribution in [3.05, 3.63) is 101 Å². The van der Waals surface area contributed by atoms with Gasteiger partial charge in [-0.25, -0.2) is 13.4 Å². The highest BCUT2D eigenvalue weighted by atomic mass is 32.2. The molecule has 262 valence electrons. The molecule has 1 aromatic heterocycles. The van der Waals surface area contributed by atoms with Crippen molar-refractivity contribution in [1.29, 1.82) is 0 Å². The topological polar surface area (TPSA) is 137 Å². The van der Waals surface area contributed by atoms with Crippen molar-refractivity contribution < 1.29 is 31.2 Å². The first-order chi connectivity index (χ1) is 23.8. The largest absolute Gasteiger partial charge is 0.421 e. The maximum atomic E-state index is 13.8. The van der Waals surface area contributed by atoms with E-state index >= 15 is 0 Å². The van der Waals surface area contributed by atoms with Crippen LogP contribution >= 0.6 is 0 Å². The van der Waals surface area contributed by atoms with Gasteiger partial charge < -0.3 is 15.5 Å². The lowest BCUT2D eigenvalue weighted by Gasteiger charge is -2.36. The lowest BCUT2D eigenvalue weighted by atomic mass is 9.89. The van der Waals surface area contributed by atoms with Crippen LogP contribution in [0.4, 0.5) is 36.3 Å². The quantitative estimate of drug-likeness (QED) is 0.191. The van der Waals surface area contributed by atoms with Gasteiger partial charge in [-0.05, 0) is 59.5 Å². The third kappa shape index (κ3) is 8.58. The van der Waals surface area contributed by atoms with Crippen LogP contribution in [0.5, 0.6) is 0 Å². The molecule has 0 radical (unpaired) electrons. The number of sulfone groups is 1. The summed E-state index contributed by atoms with van der Waals surface area (Å²) in [5.74, 6) is -1.25. The number of hydrogen-bond donors (Lipinski definition) is 3. The van der Waals surface area contributed by atoms with E-state index in [0.29, 0.717) is 30.3 Å². The van der Waals surface area contributed by atoms with Crippen LogP contribution in [0.15, 0.2) is 83.9 Å². The van der Waals surface area contributed by atoms with Crippen LogP contribution in [0, 0.1) is 0 Å². The Balaban J connectivity index is 1.05. The molecule has 0 aliphatic carbocycles. The van der Waals surface area contributed by atoms with E-state index in [-0.39, 0.29) is 35.1 Å². The second-order valence-electron chi connectivity index (χ2n) is 12.4. The van der Waals surface area contributed by atoms with Gasteiger partial charge in [-0.2, -0.15) is 18.2 Å². The molecule has 0 spiro atoms. The number of alkyl halides is 3. The highest BCUT2D eigenvalue weighted by Crippen LogP contribution is 2.34. The van der Waals surface area contributed by atoms with Crippen LogP contribution in [0.2, 0.25) is 0 Å². The first-order valence-electron chi connectivity index (χ1n) is 16.1. The van der Waals surface area contributed by atoms with Crippen molar-refractivity contribution in [2.24, 2.45) is 0 Å². The van der Waals surface area contributed by atoms with E-state index in [0.717, 1.165) is 55.8 Å². The number of nitrogens with zero attached hydrogens (tertiary/aromatic N) is 4. The second kappa shape index (κ2) is 14.5. The number of benzene rings is 3. The molecule has 2 aliphatic rings. The number of carbonyl (C=O) groups excluding carboxylic acids is 2. The number of hydrogen-bond acceptors (Lipinski definition) is 10. The molecule has 3 N–H and O–H groups in total. The highest BCUT2D eigenvalue weighted by molar-refractivity contribution is 7.90. The highest BCUT2D eigenvalue weighted by Gasteiger charge is 2.35. The van der Waals surface area contributed by atoms with Gasteiger partial charge in [-0.1, -0.05) is 36.4 Å². The second-order valence-corrected chi connectivity index (χ2v) is 14.4. The first kappa shape index (κ1) is 34.8. The zero-order valence-electron chi connectivity index (χ0n) is 27.2. The number of nitrogens with one attached hydrogen (secondary N) is 3. The van der Waals surface area contributed by atoms with E-state index in [1.165, 1.54) is 18.2 Å². The fraction of sp³-hybridized carbons (Fsp3) is 0.314. The van der Waals surface area contributed by atoms with Gasteiger partial charge in [0, 0.05) is 69.5 Å². The van der Waals surface area contributed by atoms with Crippen LogP contribution < -0.4 is 20.9 Å². The smallest absolute Gasteiger partial charge is 0.369 e. The van der Waals surface area contributed by atoms with E-state index in [1.807, 2.05) is 42.5 Å². The van der Waals surface area contributed by atoms with Crippen molar-refractivity contribution in [1.82, 2.24) is 20.2 Å². The third-order valence-corrected chi connectivity index (χ3v) is 9.85. The van der Waals surface area contributed by atoms with Crippen molar-refractivity contribution in [2.75, 3.05) is 48.0 Å². The van der Waals surface area contributed by atoms with E-state index < -0.39 is 27.4 Å². The zero-order chi connectivity index (χ0) is 35.5. The molecule has 2 amide bonds. The molecule has 4 aromatic rings. The Labute approximate surface area is 287 Å². The summed E-state index contributed by atoms with van der Waals surface area (Å²) in [6, 6.07) is 21.4. The van der Waals surface area contributed by atoms with Gasteiger partial charge in [0.1, 0.15) is 11.4 Å². The Morgan fingerprint density at radius 3 is 2.36 bits per heavy atom. The molecule has 2 aliphatic heterocycles. The van der Waals surface area contributed by atoms with E-state index in [1.54, 1.807) is 6.07 Å². The summed E-state index contributed by atoms with van der Waals surface area (Å²) < 4.78 is 65.1. The molecule has 1 atom stereocenters. The summed E-state index contributed by atoms with van der Waals surface area (Å²) in [5, 5.41) is 8.09. The molecule has 0 saturated carbocycles. The van der Waals surface area contributed by atoms with Crippen molar-refractivity contribution in [3.63, 3.8) is 0 Å². The monoisotopic (exact) mass is 707 g/mol. The summed E-state index contributed by atoms with van der Waals surface area (Å²) >= 11 is 0. The fourth-order valence-electron chi connectivity index (χ4n) is 6.08. The molecule has 2 fully saturated rings. The molecule has 15 heteroatoms. The normalized spacial score (nSPS) is 17.4. The molecular weight excluding hydrogens is 671 g/mol. The van der Waals surface area contributed by atoms with Crippen molar-refractivity contribution >= 4 is 44.8 Å². The van der Waals surface area contributed by atoms with Gasteiger partial charge >= 0.3 is 6.18 Å². The average Bonchev–Trinajstić information content (AvgIpc) is 3.07. The predicted octanol–water partition coefficient (Wildman–Crippen LogP) is 5.10. The number of piperazine rings is 1. The summed E-state index contributed by atoms with van der Waals surface area (Å²) in [6.07, 6.45) is -2.07. The Morgan fingerprint density at radius 1 is 0.940 bits per heavy atom. The van der Waals surface area contributed by atoms with E-state index in [2.05, 4.69) is 41.8 Å². The van der Waals surface area contributed by atoms with Crippen LogP contribution in [-0.2, 0) is 38.7 Å². The van der Waals surface area contributed by atoms with Crippen LogP contribution in [0.25, 0.3) is 0 Å². The third-order valence-electron chi connectivity index (χ3n) is 8.74. The van der Waals surface area contributed by atoms with Gasteiger partial charge in [0.2, 0.25) is 17.8 Å². The maximum Gasteiger partial charge on any atom is 0.421 e. The number of anilines is 4. The number of rotatable bonds is 10. The van der Waals surface area contributed by atoms with E-state index in [4.69, 9.17) is 0 Å². The minimum atomic E-state index is -4.71. The molecule has 2 saturated heterocycles. The number of imide groups is 1. The van der Waals surface area contributed by atoms with Crippen LogP contribution in [0.3, 0.4) is 0 Å². The molecule has 6 rings (SSSR count). The number of aromatic nitrogens is 2. The molecule has 3 aromatic carbocycles. The molecule has 1 unspecified atom stereocenters. The zero-order valence-corrected chi connectivity index (χ0v) is 28.0. The Kier molecular flexibility index (Phi) is 10.1. The summed E-state index contributed by atoms with van der Waals surface area (Å²) in [6.45, 7) is 3.91. The minimum absolute atomic E-state index is 0.0339. The van der Waals surface area contributed by atoms with Crippen molar-refractivity contribution in [3.8, 4) is 0 Å². The SMILES string of the molecule is CS(=O)(=O)c1cccc(CNc2nc(Nc3ccc(N4CCN(Cc5cccc(C6CCC(=O)NC6=O)c5)CC4)cc3)ncc2C(F)(F)F)c1.